The fourth-order valence-electron chi connectivity index (χ4n) is 5.58. The molecule has 1 N–H and O–H groups in total. The van der Waals surface area contributed by atoms with E-state index in [0.29, 0.717) is 47.8 Å². The van der Waals surface area contributed by atoms with E-state index < -0.39 is 11.9 Å². The van der Waals surface area contributed by atoms with Crippen LogP contribution in [0.3, 0.4) is 0 Å². The second kappa shape index (κ2) is 11.7. The first-order valence-electron chi connectivity index (χ1n) is 13.2. The van der Waals surface area contributed by atoms with Gasteiger partial charge in [0.2, 0.25) is 0 Å². The standard InChI is InChI=1S/C33H33NO6/c1-20-30(33(36)39-4)31(23-12-15-28(29(18-23)38-3)40-19-21-8-6-5-7-9-21)32-26(34-20)16-24(17-27(32)35)22-10-13-25(37-2)14-11-22/h5-15,18,24,31,34H,16-17,19H2,1-4H3/t24-,31+/m0/s1. The third-order valence-electron chi connectivity index (χ3n) is 7.58. The number of allylic oxidation sites excluding steroid dienone is 3. The van der Waals surface area contributed by atoms with Crippen LogP contribution in [0, 0.1) is 0 Å². The number of hydrogen-bond donors (Lipinski definition) is 1. The van der Waals surface area contributed by atoms with Gasteiger partial charge in [0, 0.05) is 29.3 Å². The number of dihydropyridines is 1. The van der Waals surface area contributed by atoms with Crippen molar-refractivity contribution in [2.45, 2.75) is 38.2 Å². The Morgan fingerprint density at radius 1 is 0.875 bits per heavy atom. The average Bonchev–Trinajstić information content (AvgIpc) is 2.99. The largest absolute Gasteiger partial charge is 0.497 e. The molecule has 7 nitrogen and oxygen atoms in total. The average molecular weight is 540 g/mol. The number of ketones is 1. The van der Waals surface area contributed by atoms with Crippen LogP contribution in [0.2, 0.25) is 0 Å². The van der Waals surface area contributed by atoms with Gasteiger partial charge in [-0.05, 0) is 60.2 Å². The van der Waals surface area contributed by atoms with E-state index in [1.54, 1.807) is 14.2 Å². The van der Waals surface area contributed by atoms with E-state index in [0.717, 1.165) is 28.1 Å². The summed E-state index contributed by atoms with van der Waals surface area (Å²) >= 11 is 0. The molecular weight excluding hydrogens is 506 g/mol. The minimum absolute atomic E-state index is 0.00292. The number of rotatable bonds is 8. The van der Waals surface area contributed by atoms with Crippen molar-refractivity contribution in [3.63, 3.8) is 0 Å². The first kappa shape index (κ1) is 27.1. The third-order valence-corrected chi connectivity index (χ3v) is 7.58. The number of Topliss-reactive ketones (excluding diaryl/α,β-unsaturated/α-hetero) is 1. The van der Waals surface area contributed by atoms with Gasteiger partial charge in [-0.25, -0.2) is 4.79 Å². The molecule has 3 aromatic carbocycles. The molecule has 0 radical (unpaired) electrons. The Bertz CT molecular complexity index is 1470. The summed E-state index contributed by atoms with van der Waals surface area (Å²) in [4.78, 5) is 26.9. The molecule has 0 aromatic heterocycles. The van der Waals surface area contributed by atoms with Gasteiger partial charge in [-0.3, -0.25) is 4.79 Å². The van der Waals surface area contributed by atoms with Gasteiger partial charge in [-0.15, -0.1) is 0 Å². The summed E-state index contributed by atoms with van der Waals surface area (Å²) in [5.41, 5.74) is 5.37. The highest BCUT2D eigenvalue weighted by Gasteiger charge is 2.41. The van der Waals surface area contributed by atoms with E-state index in [1.807, 2.05) is 79.7 Å². The Labute approximate surface area is 234 Å². The molecule has 5 rings (SSSR count). The molecular formula is C33H33NO6. The van der Waals surface area contributed by atoms with Gasteiger partial charge in [0.1, 0.15) is 12.4 Å². The highest BCUT2D eigenvalue weighted by molar-refractivity contribution is 6.04. The number of nitrogens with one attached hydrogen (secondary N) is 1. The molecule has 0 saturated heterocycles. The number of carbonyl (C=O) groups is 2. The lowest BCUT2D eigenvalue weighted by Gasteiger charge is -2.36. The SMILES string of the molecule is COC(=O)C1=C(C)NC2=C(C(=O)C[C@@H](c3ccc(OC)cc3)C2)[C@@H]1c1ccc(OCc2ccccc2)c(OC)c1. The number of methoxy groups -OCH3 is 3. The summed E-state index contributed by atoms with van der Waals surface area (Å²) in [7, 11) is 4.56. The van der Waals surface area contributed by atoms with Crippen molar-refractivity contribution in [1.29, 1.82) is 0 Å². The molecule has 1 aliphatic heterocycles. The van der Waals surface area contributed by atoms with Crippen LogP contribution in [0.25, 0.3) is 0 Å². The van der Waals surface area contributed by atoms with Crippen molar-refractivity contribution >= 4 is 11.8 Å². The molecule has 0 amide bonds. The normalized spacial score (nSPS) is 18.6. The van der Waals surface area contributed by atoms with Crippen LogP contribution < -0.4 is 19.5 Å². The van der Waals surface area contributed by atoms with Crippen molar-refractivity contribution in [2.24, 2.45) is 0 Å². The quantitative estimate of drug-likeness (QED) is 0.361. The monoisotopic (exact) mass is 539 g/mol. The van der Waals surface area contributed by atoms with Crippen molar-refractivity contribution in [3.05, 3.63) is 112 Å². The highest BCUT2D eigenvalue weighted by atomic mass is 16.5. The summed E-state index contributed by atoms with van der Waals surface area (Å²) in [6, 6.07) is 23.3. The highest BCUT2D eigenvalue weighted by Crippen LogP contribution is 2.47. The smallest absolute Gasteiger partial charge is 0.336 e. The van der Waals surface area contributed by atoms with Crippen LogP contribution in [-0.2, 0) is 20.9 Å². The summed E-state index contributed by atoms with van der Waals surface area (Å²) in [6.07, 6.45) is 0.983. The van der Waals surface area contributed by atoms with Crippen molar-refractivity contribution in [1.82, 2.24) is 5.32 Å². The zero-order valence-electron chi connectivity index (χ0n) is 23.2. The lowest BCUT2D eigenvalue weighted by Crippen LogP contribution is -2.36. The van der Waals surface area contributed by atoms with Crippen LogP contribution >= 0.6 is 0 Å². The second-order valence-electron chi connectivity index (χ2n) is 9.97. The fourth-order valence-corrected chi connectivity index (χ4v) is 5.58. The van der Waals surface area contributed by atoms with Crippen LogP contribution in [-0.4, -0.2) is 33.1 Å². The Hall–Kier alpha value is -4.52. The molecule has 0 saturated carbocycles. The molecule has 1 aliphatic carbocycles. The molecule has 0 fully saturated rings. The van der Waals surface area contributed by atoms with E-state index in [1.165, 1.54) is 7.11 Å². The molecule has 0 unspecified atom stereocenters. The number of hydrogen-bond acceptors (Lipinski definition) is 7. The maximum absolute atomic E-state index is 13.8. The zero-order valence-corrected chi connectivity index (χ0v) is 23.2. The van der Waals surface area contributed by atoms with Gasteiger partial charge in [-0.1, -0.05) is 48.5 Å². The van der Waals surface area contributed by atoms with Crippen molar-refractivity contribution < 1.29 is 28.5 Å². The van der Waals surface area contributed by atoms with Crippen LogP contribution in [0.4, 0.5) is 0 Å². The Morgan fingerprint density at radius 2 is 1.60 bits per heavy atom. The lowest BCUT2D eigenvalue weighted by molar-refractivity contribution is -0.136. The predicted molar refractivity (Wildman–Crippen MR) is 151 cm³/mol. The summed E-state index contributed by atoms with van der Waals surface area (Å²) in [6.45, 7) is 2.23. The molecule has 7 heteroatoms. The first-order chi connectivity index (χ1) is 19.4. The van der Waals surface area contributed by atoms with E-state index in [4.69, 9.17) is 18.9 Å². The molecule has 40 heavy (non-hydrogen) atoms. The van der Waals surface area contributed by atoms with E-state index in [9.17, 15) is 9.59 Å². The minimum Gasteiger partial charge on any atom is -0.497 e. The number of carbonyl (C=O) groups excluding carboxylic acids is 2. The first-order valence-corrected chi connectivity index (χ1v) is 13.2. The summed E-state index contributed by atoms with van der Waals surface area (Å²) in [5.74, 6) is 0.815. The van der Waals surface area contributed by atoms with Crippen LogP contribution in [0.15, 0.2) is 95.3 Å². The number of benzene rings is 3. The summed E-state index contributed by atoms with van der Waals surface area (Å²) < 4.78 is 22.2. The molecule has 2 aliphatic rings. The maximum Gasteiger partial charge on any atom is 0.336 e. The molecule has 1 heterocycles. The molecule has 0 spiro atoms. The topological polar surface area (TPSA) is 83.1 Å². The maximum atomic E-state index is 13.8. The van der Waals surface area contributed by atoms with Gasteiger partial charge in [0.15, 0.2) is 17.3 Å². The Kier molecular flexibility index (Phi) is 7.91. The number of esters is 1. The van der Waals surface area contributed by atoms with Gasteiger partial charge in [-0.2, -0.15) is 0 Å². The molecule has 206 valence electrons. The van der Waals surface area contributed by atoms with Gasteiger partial charge >= 0.3 is 5.97 Å². The van der Waals surface area contributed by atoms with E-state index in [-0.39, 0.29) is 11.7 Å². The minimum atomic E-state index is -0.593. The fraction of sp³-hybridized carbons (Fsp3) is 0.273. The molecule has 0 bridgehead atoms. The Balaban J connectivity index is 1.51. The van der Waals surface area contributed by atoms with Crippen LogP contribution in [0.5, 0.6) is 17.2 Å². The lowest BCUT2D eigenvalue weighted by atomic mass is 9.71. The van der Waals surface area contributed by atoms with Gasteiger partial charge in [0.05, 0.1) is 26.9 Å². The second-order valence-corrected chi connectivity index (χ2v) is 9.97. The van der Waals surface area contributed by atoms with Crippen molar-refractivity contribution in [2.75, 3.05) is 21.3 Å². The zero-order chi connectivity index (χ0) is 28.2. The molecule has 3 aromatic rings. The van der Waals surface area contributed by atoms with Crippen molar-refractivity contribution in [3.8, 4) is 17.2 Å². The summed E-state index contributed by atoms with van der Waals surface area (Å²) in [5, 5.41) is 3.37. The number of ether oxygens (including phenoxy) is 4. The van der Waals surface area contributed by atoms with E-state index >= 15 is 0 Å². The van der Waals surface area contributed by atoms with Gasteiger partial charge < -0.3 is 24.3 Å². The predicted octanol–water partition coefficient (Wildman–Crippen LogP) is 5.82. The van der Waals surface area contributed by atoms with Gasteiger partial charge in [0.25, 0.3) is 0 Å². The van der Waals surface area contributed by atoms with E-state index in [2.05, 4.69) is 5.32 Å². The molecule has 2 atom stereocenters. The van der Waals surface area contributed by atoms with Crippen LogP contribution in [0.1, 0.15) is 48.3 Å². The third kappa shape index (κ3) is 5.32. The Morgan fingerprint density at radius 3 is 2.27 bits per heavy atom.